The average Bonchev–Trinajstić information content (AvgIpc) is 3.29. The fraction of sp³-hybridized carbons (Fsp3) is 0.0588. The standard InChI is InChI=1S/C17H14N6O/c24-17(20-7-11-2-1-5-18-6-11)14-10-19-16-13(14)3-4-15(23-16)12-8-21-22-9-12/h1-6,8-10H,7H2,(H,19,23)(H,20,24)(H,21,22). The molecule has 3 N–H and O–H groups in total. The monoisotopic (exact) mass is 318 g/mol. The van der Waals surface area contributed by atoms with Crippen molar-refractivity contribution in [1.82, 2.24) is 30.5 Å². The number of nitrogens with zero attached hydrogens (tertiary/aromatic N) is 3. The van der Waals surface area contributed by atoms with Crippen molar-refractivity contribution < 1.29 is 4.79 Å². The molecule has 0 fully saturated rings. The van der Waals surface area contributed by atoms with E-state index < -0.39 is 0 Å². The average molecular weight is 318 g/mol. The zero-order valence-corrected chi connectivity index (χ0v) is 12.7. The molecule has 0 radical (unpaired) electrons. The number of hydrogen-bond donors (Lipinski definition) is 3. The third kappa shape index (κ3) is 2.63. The van der Waals surface area contributed by atoms with E-state index in [2.05, 4.69) is 30.5 Å². The zero-order valence-electron chi connectivity index (χ0n) is 12.7. The molecule has 7 heteroatoms. The molecular formula is C17H14N6O. The molecule has 0 aromatic carbocycles. The lowest BCUT2D eigenvalue weighted by molar-refractivity contribution is 0.0952. The van der Waals surface area contributed by atoms with Crippen molar-refractivity contribution in [1.29, 1.82) is 0 Å². The predicted octanol–water partition coefficient (Wildman–Crippen LogP) is 2.28. The summed E-state index contributed by atoms with van der Waals surface area (Å²) in [6, 6.07) is 7.52. The van der Waals surface area contributed by atoms with E-state index in [-0.39, 0.29) is 5.91 Å². The molecule has 4 aromatic rings. The summed E-state index contributed by atoms with van der Waals surface area (Å²) in [7, 11) is 0. The van der Waals surface area contributed by atoms with Crippen molar-refractivity contribution in [3.05, 3.63) is 66.4 Å². The van der Waals surface area contributed by atoms with E-state index in [0.717, 1.165) is 22.2 Å². The number of hydrogen-bond acceptors (Lipinski definition) is 4. The molecule has 4 rings (SSSR count). The number of carbonyl (C=O) groups excluding carboxylic acids is 1. The Labute approximate surface area is 137 Å². The highest BCUT2D eigenvalue weighted by molar-refractivity contribution is 6.06. The summed E-state index contributed by atoms with van der Waals surface area (Å²) in [5.74, 6) is -0.150. The first-order chi connectivity index (χ1) is 11.8. The van der Waals surface area contributed by atoms with Crippen LogP contribution < -0.4 is 5.32 Å². The van der Waals surface area contributed by atoms with Crippen LogP contribution in [0.3, 0.4) is 0 Å². The first-order valence-corrected chi connectivity index (χ1v) is 7.45. The highest BCUT2D eigenvalue weighted by Crippen LogP contribution is 2.22. The summed E-state index contributed by atoms with van der Waals surface area (Å²) >= 11 is 0. The molecule has 0 saturated heterocycles. The SMILES string of the molecule is O=C(NCc1cccnc1)c1c[nH]c2nc(-c3cn[nH]c3)ccc12. The first-order valence-electron chi connectivity index (χ1n) is 7.45. The molecule has 0 bridgehead atoms. The van der Waals surface area contributed by atoms with Crippen molar-refractivity contribution in [2.45, 2.75) is 6.54 Å². The number of fused-ring (bicyclic) bond motifs is 1. The van der Waals surface area contributed by atoms with Crippen LogP contribution in [0.15, 0.2) is 55.2 Å². The van der Waals surface area contributed by atoms with E-state index in [1.165, 1.54) is 0 Å². The van der Waals surface area contributed by atoms with Gasteiger partial charge in [0.15, 0.2) is 0 Å². The van der Waals surface area contributed by atoms with Gasteiger partial charge < -0.3 is 10.3 Å². The van der Waals surface area contributed by atoms with Crippen molar-refractivity contribution in [2.24, 2.45) is 0 Å². The minimum Gasteiger partial charge on any atom is -0.348 e. The van der Waals surface area contributed by atoms with Crippen LogP contribution in [0.25, 0.3) is 22.3 Å². The van der Waals surface area contributed by atoms with Gasteiger partial charge in [0.1, 0.15) is 5.65 Å². The van der Waals surface area contributed by atoms with Gasteiger partial charge in [-0.05, 0) is 23.8 Å². The highest BCUT2D eigenvalue weighted by atomic mass is 16.1. The van der Waals surface area contributed by atoms with Gasteiger partial charge in [-0.25, -0.2) is 4.98 Å². The Morgan fingerprint density at radius 3 is 2.92 bits per heavy atom. The smallest absolute Gasteiger partial charge is 0.253 e. The summed E-state index contributed by atoms with van der Waals surface area (Å²) in [6.07, 6.45) is 8.59. The second-order valence-corrected chi connectivity index (χ2v) is 5.33. The lowest BCUT2D eigenvalue weighted by Gasteiger charge is -2.04. The number of nitrogens with one attached hydrogen (secondary N) is 3. The fourth-order valence-corrected chi connectivity index (χ4v) is 2.52. The highest BCUT2D eigenvalue weighted by Gasteiger charge is 2.13. The Bertz CT molecular complexity index is 975. The number of aromatic amines is 2. The van der Waals surface area contributed by atoms with Crippen LogP contribution >= 0.6 is 0 Å². The van der Waals surface area contributed by atoms with Gasteiger partial charge in [0.2, 0.25) is 0 Å². The topological polar surface area (TPSA) is 99.3 Å². The van der Waals surface area contributed by atoms with E-state index in [9.17, 15) is 4.79 Å². The van der Waals surface area contributed by atoms with Crippen LogP contribution in [0, 0.1) is 0 Å². The van der Waals surface area contributed by atoms with Crippen LogP contribution in [-0.4, -0.2) is 31.1 Å². The Kier molecular flexibility index (Phi) is 3.51. The maximum atomic E-state index is 12.4. The van der Waals surface area contributed by atoms with Gasteiger partial charge in [0, 0.05) is 42.3 Å². The Hall–Kier alpha value is -3.48. The van der Waals surface area contributed by atoms with Crippen molar-refractivity contribution in [2.75, 3.05) is 0 Å². The Morgan fingerprint density at radius 1 is 1.17 bits per heavy atom. The number of H-pyrrole nitrogens is 2. The largest absolute Gasteiger partial charge is 0.348 e. The minimum absolute atomic E-state index is 0.150. The molecule has 0 spiro atoms. The molecule has 0 atom stereocenters. The minimum atomic E-state index is -0.150. The summed E-state index contributed by atoms with van der Waals surface area (Å²) in [5, 5.41) is 10.4. The van der Waals surface area contributed by atoms with E-state index in [0.29, 0.717) is 17.8 Å². The molecule has 1 amide bonds. The number of carbonyl (C=O) groups is 1. The molecule has 0 unspecified atom stereocenters. The van der Waals surface area contributed by atoms with Crippen molar-refractivity contribution in [3.63, 3.8) is 0 Å². The van der Waals surface area contributed by atoms with E-state index in [1.807, 2.05) is 24.3 Å². The Morgan fingerprint density at radius 2 is 2.12 bits per heavy atom. The Balaban J connectivity index is 1.57. The summed E-state index contributed by atoms with van der Waals surface area (Å²) in [4.78, 5) is 24.0. The maximum absolute atomic E-state index is 12.4. The van der Waals surface area contributed by atoms with Crippen LogP contribution in [0.1, 0.15) is 15.9 Å². The van der Waals surface area contributed by atoms with Crippen LogP contribution in [0.4, 0.5) is 0 Å². The van der Waals surface area contributed by atoms with Gasteiger partial charge in [-0.1, -0.05) is 6.07 Å². The lowest BCUT2D eigenvalue weighted by Crippen LogP contribution is -2.22. The molecule has 7 nitrogen and oxygen atoms in total. The molecule has 0 saturated carbocycles. The van der Waals surface area contributed by atoms with Gasteiger partial charge in [-0.3, -0.25) is 14.9 Å². The van der Waals surface area contributed by atoms with Gasteiger partial charge in [0.05, 0.1) is 17.5 Å². The number of amides is 1. The number of aromatic nitrogens is 5. The van der Waals surface area contributed by atoms with E-state index in [4.69, 9.17) is 0 Å². The van der Waals surface area contributed by atoms with Gasteiger partial charge >= 0.3 is 0 Å². The molecule has 4 aromatic heterocycles. The molecular weight excluding hydrogens is 304 g/mol. The van der Waals surface area contributed by atoms with Gasteiger partial charge in [-0.15, -0.1) is 0 Å². The van der Waals surface area contributed by atoms with Gasteiger partial charge in [0.25, 0.3) is 5.91 Å². The molecule has 0 aliphatic carbocycles. The van der Waals surface area contributed by atoms with Gasteiger partial charge in [-0.2, -0.15) is 5.10 Å². The van der Waals surface area contributed by atoms with E-state index >= 15 is 0 Å². The first kappa shape index (κ1) is 14.1. The number of pyridine rings is 2. The van der Waals surface area contributed by atoms with Crippen molar-refractivity contribution in [3.8, 4) is 11.3 Å². The van der Waals surface area contributed by atoms with Crippen LogP contribution in [0.5, 0.6) is 0 Å². The molecule has 0 aliphatic rings. The summed E-state index contributed by atoms with van der Waals surface area (Å²) in [6.45, 7) is 0.430. The molecule has 0 aliphatic heterocycles. The number of rotatable bonds is 4. The molecule has 118 valence electrons. The predicted molar refractivity (Wildman–Crippen MR) is 89.1 cm³/mol. The normalized spacial score (nSPS) is 10.8. The zero-order chi connectivity index (χ0) is 16.4. The third-order valence-electron chi connectivity index (χ3n) is 3.75. The summed E-state index contributed by atoms with van der Waals surface area (Å²) in [5.41, 5.74) is 3.88. The van der Waals surface area contributed by atoms with Crippen molar-refractivity contribution >= 4 is 16.9 Å². The lowest BCUT2D eigenvalue weighted by atomic mass is 10.1. The molecule has 24 heavy (non-hydrogen) atoms. The fourth-order valence-electron chi connectivity index (χ4n) is 2.52. The van der Waals surface area contributed by atoms with Crippen LogP contribution in [0.2, 0.25) is 0 Å². The molecule has 4 heterocycles. The summed E-state index contributed by atoms with van der Waals surface area (Å²) < 4.78 is 0. The third-order valence-corrected chi connectivity index (χ3v) is 3.75. The quantitative estimate of drug-likeness (QED) is 0.537. The second-order valence-electron chi connectivity index (χ2n) is 5.33. The van der Waals surface area contributed by atoms with Crippen LogP contribution in [-0.2, 0) is 6.54 Å². The van der Waals surface area contributed by atoms with E-state index in [1.54, 1.807) is 31.0 Å². The maximum Gasteiger partial charge on any atom is 0.253 e. The second kappa shape index (κ2) is 5.96.